The van der Waals surface area contributed by atoms with E-state index in [0.29, 0.717) is 22.4 Å². The SMILES string of the molecule is CC(C)CNCC(=O)Nc1sc2c(c1C(=O)Nc1ccccc1F)CC[C@@H](C)C2. The number of carbonyl (C=O) groups is 2. The number of anilines is 2. The van der Waals surface area contributed by atoms with Crippen LogP contribution in [0.15, 0.2) is 24.3 Å². The lowest BCUT2D eigenvalue weighted by Gasteiger charge is -2.18. The van der Waals surface area contributed by atoms with Gasteiger partial charge < -0.3 is 16.0 Å². The molecule has 1 heterocycles. The molecule has 2 amide bonds. The lowest BCUT2D eigenvalue weighted by molar-refractivity contribution is -0.115. The molecule has 29 heavy (non-hydrogen) atoms. The highest BCUT2D eigenvalue weighted by molar-refractivity contribution is 7.17. The minimum atomic E-state index is -0.484. The van der Waals surface area contributed by atoms with Gasteiger partial charge in [-0.05, 0) is 55.3 Å². The summed E-state index contributed by atoms with van der Waals surface area (Å²) in [5.74, 6) is -0.0628. The Kier molecular flexibility index (Phi) is 7.03. The first kappa shape index (κ1) is 21.5. The standard InChI is InChI=1S/C22H28FN3O2S/c1-13(2)11-24-12-19(27)26-22-20(15-9-8-14(3)10-18(15)29-22)21(28)25-17-7-5-4-6-16(17)23/h4-7,13-14,24H,8-12H2,1-3H3,(H,25,28)(H,26,27)/t14-/m1/s1. The van der Waals surface area contributed by atoms with Crippen molar-refractivity contribution in [2.75, 3.05) is 23.7 Å². The van der Waals surface area contributed by atoms with E-state index in [1.807, 2.05) is 0 Å². The second-order valence-corrected chi connectivity index (χ2v) is 9.17. The summed E-state index contributed by atoms with van der Waals surface area (Å²) >= 11 is 1.46. The van der Waals surface area contributed by atoms with E-state index in [2.05, 4.69) is 36.7 Å². The van der Waals surface area contributed by atoms with Gasteiger partial charge in [0.25, 0.3) is 5.91 Å². The molecule has 0 saturated carbocycles. The van der Waals surface area contributed by atoms with E-state index in [4.69, 9.17) is 0 Å². The molecule has 1 atom stereocenters. The third kappa shape index (κ3) is 5.42. The minimum absolute atomic E-state index is 0.137. The first-order valence-electron chi connectivity index (χ1n) is 10.1. The molecule has 1 aliphatic rings. The van der Waals surface area contributed by atoms with E-state index in [-0.39, 0.29) is 24.0 Å². The Morgan fingerprint density at radius 2 is 2.00 bits per heavy atom. The molecule has 0 saturated heterocycles. The Labute approximate surface area is 175 Å². The molecule has 7 heteroatoms. The van der Waals surface area contributed by atoms with Crippen molar-refractivity contribution in [1.82, 2.24) is 5.32 Å². The maximum absolute atomic E-state index is 14.0. The van der Waals surface area contributed by atoms with Crippen LogP contribution in [-0.2, 0) is 17.6 Å². The van der Waals surface area contributed by atoms with Gasteiger partial charge in [0, 0.05) is 4.88 Å². The van der Waals surface area contributed by atoms with E-state index in [1.54, 1.807) is 12.1 Å². The molecule has 5 nitrogen and oxygen atoms in total. The summed E-state index contributed by atoms with van der Waals surface area (Å²) in [7, 11) is 0. The van der Waals surface area contributed by atoms with E-state index >= 15 is 0 Å². The molecular formula is C22H28FN3O2S. The molecule has 0 spiro atoms. The van der Waals surface area contributed by atoms with Gasteiger partial charge in [0.2, 0.25) is 5.91 Å². The van der Waals surface area contributed by atoms with Gasteiger partial charge in [0.15, 0.2) is 0 Å². The van der Waals surface area contributed by atoms with E-state index < -0.39 is 5.82 Å². The van der Waals surface area contributed by atoms with Crippen molar-refractivity contribution in [2.45, 2.75) is 40.0 Å². The molecule has 1 aromatic heterocycles. The Morgan fingerprint density at radius 3 is 2.72 bits per heavy atom. The molecule has 3 N–H and O–H groups in total. The highest BCUT2D eigenvalue weighted by atomic mass is 32.1. The Balaban J connectivity index is 1.83. The third-order valence-electron chi connectivity index (χ3n) is 4.95. The zero-order chi connectivity index (χ0) is 21.0. The number of benzene rings is 1. The molecule has 3 rings (SSSR count). The van der Waals surface area contributed by atoms with Crippen molar-refractivity contribution in [1.29, 1.82) is 0 Å². The van der Waals surface area contributed by atoms with Crippen LogP contribution in [0, 0.1) is 17.7 Å². The predicted molar refractivity (Wildman–Crippen MR) is 116 cm³/mol. The maximum atomic E-state index is 14.0. The van der Waals surface area contributed by atoms with Gasteiger partial charge in [0.1, 0.15) is 10.8 Å². The van der Waals surface area contributed by atoms with Crippen molar-refractivity contribution in [3.8, 4) is 0 Å². The average Bonchev–Trinajstić information content (AvgIpc) is 3.00. The molecule has 0 radical (unpaired) electrons. The largest absolute Gasteiger partial charge is 0.319 e. The zero-order valence-electron chi connectivity index (χ0n) is 17.1. The Morgan fingerprint density at radius 1 is 1.24 bits per heavy atom. The van der Waals surface area contributed by atoms with Crippen LogP contribution < -0.4 is 16.0 Å². The number of carbonyl (C=O) groups excluding carboxylic acids is 2. The van der Waals surface area contributed by atoms with Crippen LogP contribution in [0.2, 0.25) is 0 Å². The summed E-state index contributed by atoms with van der Waals surface area (Å²) in [6, 6.07) is 6.09. The number of para-hydroxylation sites is 1. The molecule has 0 bridgehead atoms. The van der Waals surface area contributed by atoms with Crippen LogP contribution in [0.1, 0.15) is 48.0 Å². The van der Waals surface area contributed by atoms with E-state index in [9.17, 15) is 14.0 Å². The number of hydrogen-bond donors (Lipinski definition) is 3. The van der Waals surface area contributed by atoms with Gasteiger partial charge in [0.05, 0.1) is 17.8 Å². The molecule has 156 valence electrons. The van der Waals surface area contributed by atoms with Crippen LogP contribution in [-0.4, -0.2) is 24.9 Å². The summed E-state index contributed by atoms with van der Waals surface area (Å²) < 4.78 is 14.0. The maximum Gasteiger partial charge on any atom is 0.259 e. The molecule has 0 fully saturated rings. The van der Waals surface area contributed by atoms with Crippen molar-refractivity contribution < 1.29 is 14.0 Å². The lowest BCUT2D eigenvalue weighted by atomic mass is 9.88. The van der Waals surface area contributed by atoms with Crippen molar-refractivity contribution in [3.63, 3.8) is 0 Å². The van der Waals surface area contributed by atoms with E-state index in [0.717, 1.165) is 36.2 Å². The number of thiophene rings is 1. The Hall–Kier alpha value is -2.25. The second-order valence-electron chi connectivity index (χ2n) is 8.06. The number of hydrogen-bond acceptors (Lipinski definition) is 4. The summed E-state index contributed by atoms with van der Waals surface area (Å²) in [5.41, 5.74) is 1.59. The van der Waals surface area contributed by atoms with Gasteiger partial charge in [-0.15, -0.1) is 11.3 Å². The highest BCUT2D eigenvalue weighted by Crippen LogP contribution is 2.40. The first-order valence-corrected chi connectivity index (χ1v) is 10.9. The molecule has 1 aliphatic carbocycles. The molecule has 1 aromatic carbocycles. The Bertz CT molecular complexity index is 894. The van der Waals surface area contributed by atoms with Crippen LogP contribution >= 0.6 is 11.3 Å². The quantitative estimate of drug-likeness (QED) is 0.623. The summed E-state index contributed by atoms with van der Waals surface area (Å²) in [6.45, 7) is 7.27. The van der Waals surface area contributed by atoms with Crippen molar-refractivity contribution in [2.24, 2.45) is 11.8 Å². The zero-order valence-corrected chi connectivity index (χ0v) is 17.9. The van der Waals surface area contributed by atoms with Gasteiger partial charge in [-0.25, -0.2) is 4.39 Å². The van der Waals surface area contributed by atoms with Crippen LogP contribution in [0.25, 0.3) is 0 Å². The number of rotatable bonds is 7. The fourth-order valence-corrected chi connectivity index (χ4v) is 4.90. The highest BCUT2D eigenvalue weighted by Gasteiger charge is 2.28. The number of nitrogens with one attached hydrogen (secondary N) is 3. The normalized spacial score (nSPS) is 15.8. The minimum Gasteiger partial charge on any atom is -0.319 e. The topological polar surface area (TPSA) is 70.2 Å². The summed E-state index contributed by atoms with van der Waals surface area (Å²) in [5, 5.41) is 9.23. The number of halogens is 1. The fraction of sp³-hybridized carbons (Fsp3) is 0.455. The van der Waals surface area contributed by atoms with E-state index in [1.165, 1.54) is 23.5 Å². The molecule has 0 unspecified atom stereocenters. The van der Waals surface area contributed by atoms with Crippen LogP contribution in [0.3, 0.4) is 0 Å². The van der Waals surface area contributed by atoms with Crippen LogP contribution in [0.5, 0.6) is 0 Å². The summed E-state index contributed by atoms with van der Waals surface area (Å²) in [4.78, 5) is 26.6. The lowest BCUT2D eigenvalue weighted by Crippen LogP contribution is -2.31. The molecule has 2 aromatic rings. The van der Waals surface area contributed by atoms with Crippen molar-refractivity contribution >= 4 is 33.8 Å². The second kappa shape index (κ2) is 9.50. The van der Waals surface area contributed by atoms with Crippen molar-refractivity contribution in [3.05, 3.63) is 46.1 Å². The number of amides is 2. The third-order valence-corrected chi connectivity index (χ3v) is 6.12. The smallest absolute Gasteiger partial charge is 0.259 e. The monoisotopic (exact) mass is 417 g/mol. The summed E-state index contributed by atoms with van der Waals surface area (Å²) in [6.07, 6.45) is 2.67. The van der Waals surface area contributed by atoms with Gasteiger partial charge in [-0.3, -0.25) is 9.59 Å². The molecular weight excluding hydrogens is 389 g/mol. The first-order chi connectivity index (χ1) is 13.8. The van der Waals surface area contributed by atoms with Crippen LogP contribution in [0.4, 0.5) is 15.1 Å². The fourth-order valence-electron chi connectivity index (χ4n) is 3.47. The number of fused-ring (bicyclic) bond motifs is 1. The van der Waals surface area contributed by atoms with Gasteiger partial charge >= 0.3 is 0 Å². The van der Waals surface area contributed by atoms with Gasteiger partial charge in [-0.1, -0.05) is 32.9 Å². The molecule has 0 aliphatic heterocycles. The average molecular weight is 418 g/mol. The van der Waals surface area contributed by atoms with Gasteiger partial charge in [-0.2, -0.15) is 0 Å². The predicted octanol–water partition coefficient (Wildman–Crippen LogP) is 4.45.